The predicted molar refractivity (Wildman–Crippen MR) is 67.3 cm³/mol. The molecule has 0 spiro atoms. The van der Waals surface area contributed by atoms with Gasteiger partial charge >= 0.3 is 0 Å². The van der Waals surface area contributed by atoms with E-state index in [2.05, 4.69) is 0 Å². The van der Waals surface area contributed by atoms with Gasteiger partial charge < -0.3 is 10.5 Å². The molecule has 6 heteroatoms. The Morgan fingerprint density at radius 2 is 2.35 bits per heavy atom. The Kier molecular flexibility index (Phi) is 2.97. The maximum Gasteiger partial charge on any atom is 0.269 e. The first kappa shape index (κ1) is 11.8. The Balaban J connectivity index is 2.49. The zero-order valence-corrected chi connectivity index (χ0v) is 10.1. The Bertz CT molecular complexity index is 490. The first-order valence-electron chi connectivity index (χ1n) is 5.23. The lowest BCUT2D eigenvalue weighted by molar-refractivity contribution is -0.385. The van der Waals surface area contributed by atoms with Crippen LogP contribution in [0.2, 0.25) is 0 Å². The molecule has 90 valence electrons. The molecule has 0 saturated heterocycles. The summed E-state index contributed by atoms with van der Waals surface area (Å²) in [5.41, 5.74) is 6.42. The van der Waals surface area contributed by atoms with Gasteiger partial charge in [0.15, 0.2) is 0 Å². The molecule has 1 aromatic carbocycles. The van der Waals surface area contributed by atoms with E-state index >= 15 is 0 Å². The van der Waals surface area contributed by atoms with Crippen LogP contribution in [0.5, 0.6) is 5.75 Å². The first-order chi connectivity index (χ1) is 7.99. The summed E-state index contributed by atoms with van der Waals surface area (Å²) in [5.74, 6) is 0.482. The van der Waals surface area contributed by atoms with Crippen LogP contribution in [0.15, 0.2) is 18.2 Å². The first-order valence-corrected chi connectivity index (χ1v) is 5.64. The van der Waals surface area contributed by atoms with E-state index in [0.29, 0.717) is 22.7 Å². The third kappa shape index (κ3) is 2.21. The van der Waals surface area contributed by atoms with Crippen LogP contribution in [0.25, 0.3) is 0 Å². The zero-order valence-electron chi connectivity index (χ0n) is 9.25. The molecule has 0 saturated carbocycles. The molecule has 0 amide bonds. The molecule has 17 heavy (non-hydrogen) atoms. The molecule has 2 atom stereocenters. The monoisotopic (exact) mass is 252 g/mol. The maximum atomic E-state index is 10.7. The Labute approximate surface area is 104 Å². The Morgan fingerprint density at radius 1 is 1.65 bits per heavy atom. The van der Waals surface area contributed by atoms with Gasteiger partial charge in [-0.25, -0.2) is 0 Å². The summed E-state index contributed by atoms with van der Waals surface area (Å²) >= 11 is 5.01. The van der Waals surface area contributed by atoms with E-state index in [1.165, 1.54) is 12.1 Å². The number of nitro benzene ring substituents is 1. The van der Waals surface area contributed by atoms with E-state index in [9.17, 15) is 10.1 Å². The van der Waals surface area contributed by atoms with Gasteiger partial charge in [-0.1, -0.05) is 12.2 Å². The van der Waals surface area contributed by atoms with Crippen molar-refractivity contribution in [2.75, 3.05) is 0 Å². The molecule has 2 unspecified atom stereocenters. The second kappa shape index (κ2) is 4.29. The van der Waals surface area contributed by atoms with Gasteiger partial charge in [0.2, 0.25) is 0 Å². The number of ether oxygens (including phenoxy) is 1. The van der Waals surface area contributed by atoms with Crippen LogP contribution in [0, 0.1) is 10.1 Å². The summed E-state index contributed by atoms with van der Waals surface area (Å²) < 4.78 is 5.61. The number of thiocarbonyl (C=S) groups is 1. The topological polar surface area (TPSA) is 78.4 Å². The fraction of sp³-hybridized carbons (Fsp3) is 0.364. The van der Waals surface area contributed by atoms with Crippen molar-refractivity contribution in [3.05, 3.63) is 33.9 Å². The molecule has 1 aromatic rings. The smallest absolute Gasteiger partial charge is 0.269 e. The molecule has 1 aliphatic heterocycles. The van der Waals surface area contributed by atoms with Crippen molar-refractivity contribution in [3.63, 3.8) is 0 Å². The van der Waals surface area contributed by atoms with Crippen LogP contribution in [0.3, 0.4) is 0 Å². The lowest BCUT2D eigenvalue weighted by Crippen LogP contribution is -2.30. The zero-order chi connectivity index (χ0) is 12.6. The van der Waals surface area contributed by atoms with Crippen LogP contribution in [-0.2, 0) is 0 Å². The van der Waals surface area contributed by atoms with Crippen LogP contribution in [-0.4, -0.2) is 16.0 Å². The molecule has 0 aliphatic carbocycles. The minimum absolute atomic E-state index is 0.00968. The highest BCUT2D eigenvalue weighted by molar-refractivity contribution is 7.80. The number of nitro groups is 1. The highest BCUT2D eigenvalue weighted by atomic mass is 32.1. The summed E-state index contributed by atoms with van der Waals surface area (Å²) in [6.45, 7) is 1.93. The SMILES string of the molecule is CC1CC(C(N)=S)c2cc([N+](=O)[O-])ccc2O1. The molecule has 2 N–H and O–H groups in total. The normalized spacial score (nSPS) is 22.4. The third-order valence-corrected chi connectivity index (χ3v) is 3.10. The van der Waals surface area contributed by atoms with Gasteiger partial charge in [0.1, 0.15) is 5.75 Å². The lowest BCUT2D eigenvalue weighted by atomic mass is 9.90. The second-order valence-electron chi connectivity index (χ2n) is 4.10. The molecule has 0 radical (unpaired) electrons. The van der Waals surface area contributed by atoms with Crippen LogP contribution in [0.1, 0.15) is 24.8 Å². The van der Waals surface area contributed by atoms with Crippen molar-refractivity contribution in [3.8, 4) is 5.75 Å². The summed E-state index contributed by atoms with van der Waals surface area (Å²) in [6.07, 6.45) is 0.666. The fourth-order valence-electron chi connectivity index (χ4n) is 2.02. The second-order valence-corrected chi connectivity index (χ2v) is 4.57. The fourth-order valence-corrected chi connectivity index (χ4v) is 2.25. The van der Waals surface area contributed by atoms with Gasteiger partial charge in [0.25, 0.3) is 5.69 Å². The van der Waals surface area contributed by atoms with Gasteiger partial charge in [-0.3, -0.25) is 10.1 Å². The molecule has 0 bridgehead atoms. The van der Waals surface area contributed by atoms with Gasteiger partial charge in [-0.15, -0.1) is 0 Å². The van der Waals surface area contributed by atoms with Gasteiger partial charge in [-0.05, 0) is 19.4 Å². The quantitative estimate of drug-likeness (QED) is 0.495. The Morgan fingerprint density at radius 3 is 2.94 bits per heavy atom. The van der Waals surface area contributed by atoms with E-state index in [1.807, 2.05) is 6.92 Å². The van der Waals surface area contributed by atoms with Crippen LogP contribution >= 0.6 is 12.2 Å². The van der Waals surface area contributed by atoms with Crippen molar-refractivity contribution >= 4 is 22.9 Å². The largest absolute Gasteiger partial charge is 0.490 e. The minimum atomic E-state index is -0.436. The maximum absolute atomic E-state index is 10.7. The molecule has 0 aromatic heterocycles. The van der Waals surface area contributed by atoms with Gasteiger partial charge in [-0.2, -0.15) is 0 Å². The Hall–Kier alpha value is -1.69. The number of hydrogen-bond donors (Lipinski definition) is 1. The predicted octanol–water partition coefficient (Wildman–Crippen LogP) is 2.14. The third-order valence-electron chi connectivity index (χ3n) is 2.82. The van der Waals surface area contributed by atoms with Crippen LogP contribution < -0.4 is 10.5 Å². The molecule has 1 aliphatic rings. The van der Waals surface area contributed by atoms with E-state index in [-0.39, 0.29) is 17.7 Å². The van der Waals surface area contributed by atoms with Crippen LogP contribution in [0.4, 0.5) is 5.69 Å². The summed E-state index contributed by atoms with van der Waals surface area (Å²) in [6, 6.07) is 4.52. The van der Waals surface area contributed by atoms with Crippen molar-refractivity contribution in [2.24, 2.45) is 5.73 Å². The van der Waals surface area contributed by atoms with E-state index < -0.39 is 4.92 Å². The molecule has 5 nitrogen and oxygen atoms in total. The molecule has 0 fully saturated rings. The number of nitrogens with zero attached hydrogens (tertiary/aromatic N) is 1. The van der Waals surface area contributed by atoms with E-state index in [1.54, 1.807) is 6.07 Å². The molecular weight excluding hydrogens is 240 g/mol. The van der Waals surface area contributed by atoms with Crippen molar-refractivity contribution < 1.29 is 9.66 Å². The average molecular weight is 252 g/mol. The molecule has 1 heterocycles. The molecule has 2 rings (SSSR count). The number of rotatable bonds is 2. The summed E-state index contributed by atoms with van der Waals surface area (Å²) in [5, 5.41) is 10.7. The lowest BCUT2D eigenvalue weighted by Gasteiger charge is -2.29. The highest BCUT2D eigenvalue weighted by Gasteiger charge is 2.29. The average Bonchev–Trinajstić information content (AvgIpc) is 2.26. The summed E-state index contributed by atoms with van der Waals surface area (Å²) in [7, 11) is 0. The van der Waals surface area contributed by atoms with Crippen molar-refractivity contribution in [1.29, 1.82) is 0 Å². The standard InChI is InChI=1S/C11H12N2O3S/c1-6-4-9(11(12)17)8-5-7(13(14)15)2-3-10(8)16-6/h2-3,5-6,9H,4H2,1H3,(H2,12,17). The van der Waals surface area contributed by atoms with Crippen molar-refractivity contribution in [2.45, 2.75) is 25.4 Å². The van der Waals surface area contributed by atoms with Gasteiger partial charge in [0, 0.05) is 23.6 Å². The highest BCUT2D eigenvalue weighted by Crippen LogP contribution is 2.38. The summed E-state index contributed by atoms with van der Waals surface area (Å²) in [4.78, 5) is 10.6. The number of non-ortho nitro benzene ring substituents is 1. The number of fused-ring (bicyclic) bond motifs is 1. The van der Waals surface area contributed by atoms with E-state index in [4.69, 9.17) is 22.7 Å². The van der Waals surface area contributed by atoms with Gasteiger partial charge in [0.05, 0.1) is 16.0 Å². The number of hydrogen-bond acceptors (Lipinski definition) is 4. The number of nitrogens with two attached hydrogens (primary N) is 1. The molecular formula is C11H12N2O3S. The van der Waals surface area contributed by atoms with E-state index in [0.717, 1.165) is 0 Å². The van der Waals surface area contributed by atoms with Crippen molar-refractivity contribution in [1.82, 2.24) is 0 Å². The minimum Gasteiger partial charge on any atom is -0.490 e. The number of benzene rings is 1.